The lowest BCUT2D eigenvalue weighted by atomic mass is 10.0. The summed E-state index contributed by atoms with van der Waals surface area (Å²) in [6.45, 7) is 7.97. The van der Waals surface area contributed by atoms with Crippen molar-refractivity contribution in [3.05, 3.63) is 0 Å². The molecule has 1 saturated heterocycles. The molecule has 1 aliphatic rings. The SMILES string of the molecule is CCCCOC(=O)N1CCC(NC(=O)CC(C)C)CC1. The fourth-order valence-corrected chi connectivity index (χ4v) is 2.26. The standard InChI is InChI=1S/C15H28N2O3/c1-4-5-10-20-15(19)17-8-6-13(7-9-17)16-14(18)11-12(2)3/h12-13H,4-11H2,1-3H3,(H,16,18). The van der Waals surface area contributed by atoms with Crippen LogP contribution in [0.2, 0.25) is 0 Å². The Kier molecular flexibility index (Phi) is 7.41. The minimum absolute atomic E-state index is 0.115. The van der Waals surface area contributed by atoms with Crippen molar-refractivity contribution in [1.82, 2.24) is 10.2 Å². The third-order valence-corrected chi connectivity index (χ3v) is 3.44. The van der Waals surface area contributed by atoms with Gasteiger partial charge in [-0.1, -0.05) is 27.2 Å². The quantitative estimate of drug-likeness (QED) is 0.763. The summed E-state index contributed by atoms with van der Waals surface area (Å²) >= 11 is 0. The van der Waals surface area contributed by atoms with Gasteiger partial charge in [0.25, 0.3) is 0 Å². The molecule has 0 atom stereocenters. The molecule has 5 nitrogen and oxygen atoms in total. The van der Waals surface area contributed by atoms with Crippen LogP contribution in [0.5, 0.6) is 0 Å². The Morgan fingerprint density at radius 2 is 1.95 bits per heavy atom. The lowest BCUT2D eigenvalue weighted by Gasteiger charge is -2.31. The van der Waals surface area contributed by atoms with E-state index < -0.39 is 0 Å². The van der Waals surface area contributed by atoms with Gasteiger partial charge < -0.3 is 15.0 Å². The molecule has 1 fully saturated rings. The highest BCUT2D eigenvalue weighted by Crippen LogP contribution is 2.12. The van der Waals surface area contributed by atoms with Crippen LogP contribution in [0.4, 0.5) is 4.79 Å². The first kappa shape index (κ1) is 16.8. The second-order valence-electron chi connectivity index (χ2n) is 5.89. The highest BCUT2D eigenvalue weighted by Gasteiger charge is 2.24. The van der Waals surface area contributed by atoms with Crippen LogP contribution in [0.1, 0.15) is 52.9 Å². The Hall–Kier alpha value is -1.26. The Morgan fingerprint density at radius 3 is 2.50 bits per heavy atom. The molecule has 1 rings (SSSR count). The van der Waals surface area contributed by atoms with Crippen LogP contribution in [0.15, 0.2) is 0 Å². The lowest BCUT2D eigenvalue weighted by molar-refractivity contribution is -0.122. The molecule has 0 aliphatic carbocycles. The van der Waals surface area contributed by atoms with Crippen LogP contribution in [-0.2, 0) is 9.53 Å². The van der Waals surface area contributed by atoms with E-state index in [0.717, 1.165) is 25.7 Å². The Morgan fingerprint density at radius 1 is 1.30 bits per heavy atom. The fourth-order valence-electron chi connectivity index (χ4n) is 2.26. The van der Waals surface area contributed by atoms with E-state index in [-0.39, 0.29) is 18.0 Å². The van der Waals surface area contributed by atoms with Crippen molar-refractivity contribution in [3.63, 3.8) is 0 Å². The molecule has 5 heteroatoms. The first-order chi connectivity index (χ1) is 9.52. The number of carbonyl (C=O) groups is 2. The van der Waals surface area contributed by atoms with Gasteiger partial charge in [0.1, 0.15) is 0 Å². The Balaban J connectivity index is 2.22. The van der Waals surface area contributed by atoms with E-state index in [2.05, 4.69) is 12.2 Å². The zero-order valence-electron chi connectivity index (χ0n) is 13.0. The van der Waals surface area contributed by atoms with E-state index in [0.29, 0.717) is 32.0 Å². The first-order valence-corrected chi connectivity index (χ1v) is 7.74. The summed E-state index contributed by atoms with van der Waals surface area (Å²) in [4.78, 5) is 25.2. The number of carbonyl (C=O) groups excluding carboxylic acids is 2. The molecule has 1 N–H and O–H groups in total. The minimum Gasteiger partial charge on any atom is -0.449 e. The van der Waals surface area contributed by atoms with Gasteiger partial charge >= 0.3 is 6.09 Å². The second-order valence-corrected chi connectivity index (χ2v) is 5.89. The van der Waals surface area contributed by atoms with Crippen LogP contribution >= 0.6 is 0 Å². The van der Waals surface area contributed by atoms with Gasteiger partial charge in [-0.3, -0.25) is 4.79 Å². The molecule has 0 bridgehead atoms. The van der Waals surface area contributed by atoms with Crippen molar-refractivity contribution < 1.29 is 14.3 Å². The third-order valence-electron chi connectivity index (χ3n) is 3.44. The van der Waals surface area contributed by atoms with Gasteiger partial charge in [-0.25, -0.2) is 4.79 Å². The molecule has 0 saturated carbocycles. The maximum atomic E-state index is 11.8. The van der Waals surface area contributed by atoms with Gasteiger partial charge in [-0.05, 0) is 25.2 Å². The number of nitrogens with one attached hydrogen (secondary N) is 1. The van der Waals surface area contributed by atoms with E-state index in [1.807, 2.05) is 13.8 Å². The molecular weight excluding hydrogens is 256 g/mol. The van der Waals surface area contributed by atoms with Crippen molar-refractivity contribution >= 4 is 12.0 Å². The fraction of sp³-hybridized carbons (Fsp3) is 0.867. The highest BCUT2D eigenvalue weighted by atomic mass is 16.6. The van der Waals surface area contributed by atoms with Crippen molar-refractivity contribution in [2.45, 2.75) is 58.9 Å². The van der Waals surface area contributed by atoms with E-state index in [1.54, 1.807) is 4.90 Å². The van der Waals surface area contributed by atoms with Gasteiger partial charge in [0.15, 0.2) is 0 Å². The molecule has 116 valence electrons. The van der Waals surface area contributed by atoms with E-state index in [1.165, 1.54) is 0 Å². The number of likely N-dealkylation sites (tertiary alicyclic amines) is 1. The molecular formula is C15H28N2O3. The maximum Gasteiger partial charge on any atom is 0.409 e. The van der Waals surface area contributed by atoms with Crippen molar-refractivity contribution in [2.75, 3.05) is 19.7 Å². The van der Waals surface area contributed by atoms with Crippen molar-refractivity contribution in [1.29, 1.82) is 0 Å². The molecule has 0 unspecified atom stereocenters. The Labute approximate surface area is 122 Å². The predicted octanol–water partition coefficient (Wildman–Crippen LogP) is 2.55. The number of rotatable bonds is 6. The van der Waals surface area contributed by atoms with E-state index in [4.69, 9.17) is 4.74 Å². The summed E-state index contributed by atoms with van der Waals surface area (Å²) in [6, 6.07) is 0.195. The summed E-state index contributed by atoms with van der Waals surface area (Å²) in [7, 11) is 0. The molecule has 0 spiro atoms. The lowest BCUT2D eigenvalue weighted by Crippen LogP contribution is -2.46. The average molecular weight is 284 g/mol. The molecule has 0 aromatic heterocycles. The third kappa shape index (κ3) is 6.26. The monoisotopic (exact) mass is 284 g/mol. The number of hydrogen-bond donors (Lipinski definition) is 1. The van der Waals surface area contributed by atoms with Crippen molar-refractivity contribution in [2.24, 2.45) is 5.92 Å². The zero-order chi connectivity index (χ0) is 15.0. The van der Waals surface area contributed by atoms with Gasteiger partial charge in [-0.15, -0.1) is 0 Å². The molecule has 0 aromatic carbocycles. The molecule has 2 amide bonds. The van der Waals surface area contributed by atoms with Gasteiger partial charge in [0, 0.05) is 25.6 Å². The summed E-state index contributed by atoms with van der Waals surface area (Å²) in [6.07, 6.45) is 3.91. The smallest absolute Gasteiger partial charge is 0.409 e. The van der Waals surface area contributed by atoms with Gasteiger partial charge in [-0.2, -0.15) is 0 Å². The van der Waals surface area contributed by atoms with Crippen LogP contribution in [0.25, 0.3) is 0 Å². The van der Waals surface area contributed by atoms with Crippen LogP contribution in [-0.4, -0.2) is 42.6 Å². The molecule has 1 heterocycles. The van der Waals surface area contributed by atoms with Crippen LogP contribution in [0, 0.1) is 5.92 Å². The molecule has 20 heavy (non-hydrogen) atoms. The normalized spacial score (nSPS) is 16.3. The first-order valence-electron chi connectivity index (χ1n) is 7.74. The maximum absolute atomic E-state index is 11.8. The van der Waals surface area contributed by atoms with E-state index in [9.17, 15) is 9.59 Å². The highest BCUT2D eigenvalue weighted by molar-refractivity contribution is 5.76. The number of hydrogen-bond acceptors (Lipinski definition) is 3. The largest absolute Gasteiger partial charge is 0.449 e. The summed E-state index contributed by atoms with van der Waals surface area (Å²) < 4.78 is 5.19. The number of nitrogens with zero attached hydrogens (tertiary/aromatic N) is 1. The minimum atomic E-state index is -0.217. The molecule has 1 aliphatic heterocycles. The summed E-state index contributed by atoms with van der Waals surface area (Å²) in [5.41, 5.74) is 0. The van der Waals surface area contributed by atoms with Gasteiger partial charge in [0.2, 0.25) is 5.91 Å². The number of ether oxygens (including phenoxy) is 1. The second kappa shape index (κ2) is 8.82. The molecule has 0 aromatic rings. The van der Waals surface area contributed by atoms with Gasteiger partial charge in [0.05, 0.1) is 6.61 Å². The van der Waals surface area contributed by atoms with Crippen LogP contribution < -0.4 is 5.32 Å². The molecule has 0 radical (unpaired) electrons. The zero-order valence-corrected chi connectivity index (χ0v) is 13.0. The topological polar surface area (TPSA) is 58.6 Å². The number of unbranched alkanes of at least 4 members (excludes halogenated alkanes) is 1. The van der Waals surface area contributed by atoms with Crippen molar-refractivity contribution in [3.8, 4) is 0 Å². The predicted molar refractivity (Wildman–Crippen MR) is 78.4 cm³/mol. The van der Waals surface area contributed by atoms with E-state index >= 15 is 0 Å². The summed E-state index contributed by atoms with van der Waals surface area (Å²) in [5, 5.41) is 3.04. The van der Waals surface area contributed by atoms with Crippen LogP contribution in [0.3, 0.4) is 0 Å². The number of amides is 2. The Bertz CT molecular complexity index is 310. The number of piperidine rings is 1. The average Bonchev–Trinajstić information content (AvgIpc) is 2.38. The summed E-state index contributed by atoms with van der Waals surface area (Å²) in [5.74, 6) is 0.493.